The molecule has 1 aromatic carbocycles. The quantitative estimate of drug-likeness (QED) is 0.700. The molecule has 1 aliphatic heterocycles. The van der Waals surface area contributed by atoms with Crippen molar-refractivity contribution in [3.8, 4) is 0 Å². The maximum Gasteiger partial charge on any atom is 0.254 e. The van der Waals surface area contributed by atoms with E-state index in [1.165, 1.54) is 17.8 Å². The van der Waals surface area contributed by atoms with Gasteiger partial charge in [-0.15, -0.1) is 11.3 Å². The number of anilines is 1. The summed E-state index contributed by atoms with van der Waals surface area (Å²) in [6, 6.07) is 8.95. The maximum atomic E-state index is 12.7. The molecule has 0 bridgehead atoms. The molecule has 30 heavy (non-hydrogen) atoms. The number of hydrogen-bond donors (Lipinski definition) is 1. The lowest BCUT2D eigenvalue weighted by Gasteiger charge is -2.26. The summed E-state index contributed by atoms with van der Waals surface area (Å²) in [5.41, 5.74) is 1.23. The minimum absolute atomic E-state index is 0.0385. The topological polar surface area (TPSA) is 82.6 Å². The number of benzene rings is 1. The van der Waals surface area contributed by atoms with Gasteiger partial charge < -0.3 is 15.1 Å². The van der Waals surface area contributed by atoms with E-state index in [0.29, 0.717) is 22.9 Å². The van der Waals surface area contributed by atoms with Gasteiger partial charge in [-0.3, -0.25) is 14.4 Å². The second kappa shape index (κ2) is 10.9. The molecule has 0 unspecified atom stereocenters. The second-order valence-corrected chi connectivity index (χ2v) is 8.26. The number of rotatable bonds is 8. The van der Waals surface area contributed by atoms with Crippen LogP contribution in [-0.4, -0.2) is 58.7 Å². The molecular weight excluding hydrogens is 400 g/mol. The van der Waals surface area contributed by atoms with Crippen molar-refractivity contribution in [3.05, 3.63) is 47.0 Å². The van der Waals surface area contributed by atoms with Crippen LogP contribution in [0.15, 0.2) is 35.7 Å². The number of nitrogens with one attached hydrogen (secondary N) is 1. The van der Waals surface area contributed by atoms with E-state index in [2.05, 4.69) is 10.3 Å². The van der Waals surface area contributed by atoms with Gasteiger partial charge in [-0.2, -0.15) is 0 Å². The Balaban J connectivity index is 1.54. The van der Waals surface area contributed by atoms with Gasteiger partial charge in [-0.1, -0.05) is 25.1 Å². The van der Waals surface area contributed by atoms with Crippen LogP contribution in [0.4, 0.5) is 5.13 Å². The van der Waals surface area contributed by atoms with Gasteiger partial charge in [-0.25, -0.2) is 4.98 Å². The van der Waals surface area contributed by atoms with Crippen LogP contribution in [0.2, 0.25) is 0 Å². The highest BCUT2D eigenvalue weighted by Crippen LogP contribution is 2.18. The van der Waals surface area contributed by atoms with Crippen molar-refractivity contribution in [2.24, 2.45) is 0 Å². The van der Waals surface area contributed by atoms with Gasteiger partial charge in [-0.05, 0) is 37.8 Å². The molecule has 0 radical (unpaired) electrons. The van der Waals surface area contributed by atoms with Crippen LogP contribution in [0.5, 0.6) is 0 Å². The lowest BCUT2D eigenvalue weighted by molar-refractivity contribution is -0.131. The van der Waals surface area contributed by atoms with E-state index >= 15 is 0 Å². The number of nitrogens with zero attached hydrogens (tertiary/aromatic N) is 3. The Bertz CT molecular complexity index is 862. The third kappa shape index (κ3) is 6.13. The average Bonchev–Trinajstić information content (AvgIpc) is 3.20. The fourth-order valence-corrected chi connectivity index (χ4v) is 4.20. The average molecular weight is 429 g/mol. The molecular formula is C22H28N4O3S. The smallest absolute Gasteiger partial charge is 0.254 e. The Morgan fingerprint density at radius 1 is 1.13 bits per heavy atom. The number of hydrogen-bond acceptors (Lipinski definition) is 5. The number of carbonyl (C=O) groups excluding carboxylic acids is 3. The number of carbonyl (C=O) groups is 3. The molecule has 1 N–H and O–H groups in total. The molecule has 0 saturated carbocycles. The third-order valence-corrected chi connectivity index (χ3v) is 5.78. The van der Waals surface area contributed by atoms with E-state index in [4.69, 9.17) is 0 Å². The molecule has 0 spiro atoms. The highest BCUT2D eigenvalue weighted by Gasteiger charge is 2.20. The summed E-state index contributed by atoms with van der Waals surface area (Å²) in [6.07, 6.45) is 4.30. The Hall–Kier alpha value is -2.74. The molecule has 1 fully saturated rings. The molecule has 2 heterocycles. The SMILES string of the molecule is CCCN(CC(=O)Nc1nc(CC(=O)N2CCCCC2)cs1)C(=O)c1ccccc1. The number of thiazole rings is 1. The van der Waals surface area contributed by atoms with E-state index < -0.39 is 0 Å². The van der Waals surface area contributed by atoms with Crippen LogP contribution in [0.1, 0.15) is 48.7 Å². The van der Waals surface area contributed by atoms with Crippen molar-refractivity contribution < 1.29 is 14.4 Å². The lowest BCUT2D eigenvalue weighted by Crippen LogP contribution is -2.38. The fourth-order valence-electron chi connectivity index (χ4n) is 3.47. The minimum atomic E-state index is -0.295. The van der Waals surface area contributed by atoms with Gasteiger partial charge in [0.15, 0.2) is 5.13 Å². The largest absolute Gasteiger partial charge is 0.342 e. The van der Waals surface area contributed by atoms with Crippen molar-refractivity contribution in [1.82, 2.24) is 14.8 Å². The van der Waals surface area contributed by atoms with E-state index in [-0.39, 0.29) is 30.7 Å². The van der Waals surface area contributed by atoms with E-state index in [1.807, 2.05) is 17.9 Å². The van der Waals surface area contributed by atoms with E-state index in [1.54, 1.807) is 34.5 Å². The summed E-state index contributed by atoms with van der Waals surface area (Å²) in [5, 5.41) is 5.01. The van der Waals surface area contributed by atoms with Gasteiger partial charge in [0, 0.05) is 30.6 Å². The summed E-state index contributed by atoms with van der Waals surface area (Å²) < 4.78 is 0. The van der Waals surface area contributed by atoms with Gasteiger partial charge in [0.25, 0.3) is 5.91 Å². The van der Waals surface area contributed by atoms with Crippen LogP contribution in [0, 0.1) is 0 Å². The molecule has 1 aromatic heterocycles. The normalized spacial score (nSPS) is 13.7. The summed E-state index contributed by atoms with van der Waals surface area (Å²) in [4.78, 5) is 45.4. The Kier molecular flexibility index (Phi) is 7.96. The first-order valence-electron chi connectivity index (χ1n) is 10.4. The molecule has 0 atom stereocenters. The Morgan fingerprint density at radius 3 is 2.57 bits per heavy atom. The first kappa shape index (κ1) is 22.0. The zero-order valence-electron chi connectivity index (χ0n) is 17.3. The monoisotopic (exact) mass is 428 g/mol. The van der Waals surface area contributed by atoms with Crippen molar-refractivity contribution >= 4 is 34.2 Å². The molecule has 7 nitrogen and oxygen atoms in total. The molecule has 1 aliphatic rings. The van der Waals surface area contributed by atoms with Crippen LogP contribution in [0.25, 0.3) is 0 Å². The van der Waals surface area contributed by atoms with Crippen molar-refractivity contribution in [1.29, 1.82) is 0 Å². The summed E-state index contributed by atoms with van der Waals surface area (Å²) >= 11 is 1.29. The molecule has 2 aromatic rings. The number of aromatic nitrogens is 1. The highest BCUT2D eigenvalue weighted by molar-refractivity contribution is 7.13. The van der Waals surface area contributed by atoms with Crippen LogP contribution >= 0.6 is 11.3 Å². The number of amides is 3. The summed E-state index contributed by atoms with van der Waals surface area (Å²) in [6.45, 7) is 4.05. The van der Waals surface area contributed by atoms with Gasteiger partial charge in [0.2, 0.25) is 11.8 Å². The first-order chi connectivity index (χ1) is 14.6. The number of likely N-dealkylation sites (tertiary alicyclic amines) is 1. The predicted molar refractivity (Wildman–Crippen MR) is 118 cm³/mol. The molecule has 3 rings (SSSR count). The van der Waals surface area contributed by atoms with E-state index in [9.17, 15) is 14.4 Å². The van der Waals surface area contributed by atoms with Crippen LogP contribution < -0.4 is 5.32 Å². The van der Waals surface area contributed by atoms with Crippen LogP contribution in [-0.2, 0) is 16.0 Å². The molecule has 8 heteroatoms. The molecule has 160 valence electrons. The standard InChI is InChI=1S/C22H28N4O3S/c1-2-11-26(21(29)17-9-5-3-6-10-17)15-19(27)24-22-23-18(16-30-22)14-20(28)25-12-7-4-8-13-25/h3,5-6,9-10,16H,2,4,7-8,11-15H2,1H3,(H,23,24,27). The lowest BCUT2D eigenvalue weighted by atomic mass is 10.1. The summed E-state index contributed by atoms with van der Waals surface area (Å²) in [5.74, 6) is -0.379. The number of piperidine rings is 1. The third-order valence-electron chi connectivity index (χ3n) is 4.98. The molecule has 0 aliphatic carbocycles. The predicted octanol–water partition coefficient (Wildman–Crippen LogP) is 3.19. The second-order valence-electron chi connectivity index (χ2n) is 7.40. The zero-order chi connectivity index (χ0) is 21.3. The Labute approximate surface area is 181 Å². The summed E-state index contributed by atoms with van der Waals surface area (Å²) in [7, 11) is 0. The van der Waals surface area contributed by atoms with Gasteiger partial charge >= 0.3 is 0 Å². The molecule has 1 saturated heterocycles. The minimum Gasteiger partial charge on any atom is -0.342 e. The first-order valence-corrected chi connectivity index (χ1v) is 11.3. The fraction of sp³-hybridized carbons (Fsp3) is 0.455. The van der Waals surface area contributed by atoms with Crippen molar-refractivity contribution in [2.45, 2.75) is 39.0 Å². The van der Waals surface area contributed by atoms with Gasteiger partial charge in [0.05, 0.1) is 12.1 Å². The molecule has 3 amide bonds. The van der Waals surface area contributed by atoms with Crippen molar-refractivity contribution in [2.75, 3.05) is 31.5 Å². The van der Waals surface area contributed by atoms with Crippen molar-refractivity contribution in [3.63, 3.8) is 0 Å². The van der Waals surface area contributed by atoms with Gasteiger partial charge in [0.1, 0.15) is 6.54 Å². The zero-order valence-corrected chi connectivity index (χ0v) is 18.1. The highest BCUT2D eigenvalue weighted by atomic mass is 32.1. The van der Waals surface area contributed by atoms with Crippen LogP contribution in [0.3, 0.4) is 0 Å². The Morgan fingerprint density at radius 2 is 1.87 bits per heavy atom. The maximum absolute atomic E-state index is 12.7. The van der Waals surface area contributed by atoms with E-state index in [0.717, 1.165) is 32.4 Å².